The molecule has 0 saturated heterocycles. The number of carbonyl (C=O) groups is 2. The first-order valence-electron chi connectivity index (χ1n) is 6.15. The van der Waals surface area contributed by atoms with Gasteiger partial charge in [-0.2, -0.15) is 0 Å². The number of benzene rings is 1. The van der Waals surface area contributed by atoms with Crippen molar-refractivity contribution in [3.8, 4) is 11.1 Å². The quantitative estimate of drug-likeness (QED) is 0.570. The molecule has 0 bridgehead atoms. The molecule has 0 fully saturated rings. The second-order valence-corrected chi connectivity index (χ2v) is 4.59. The molecular weight excluding hydrogens is 277 g/mol. The Morgan fingerprint density at radius 1 is 1.29 bits per heavy atom. The van der Waals surface area contributed by atoms with Crippen LogP contribution in [0.4, 0.5) is 4.39 Å². The maximum absolute atomic E-state index is 13.1. The number of halogens is 1. The first kappa shape index (κ1) is 13.1. The molecule has 1 aromatic carbocycles. The largest absolute Gasteiger partial charge is 0.481 e. The summed E-state index contributed by atoms with van der Waals surface area (Å²) in [5.41, 5.74) is 2.01. The Labute approximate surface area is 118 Å². The van der Waals surface area contributed by atoms with Crippen molar-refractivity contribution in [3.63, 3.8) is 0 Å². The number of aliphatic carboxylic acids is 1. The van der Waals surface area contributed by atoms with Gasteiger partial charge in [0.15, 0.2) is 5.76 Å². The van der Waals surface area contributed by atoms with Crippen molar-refractivity contribution in [3.05, 3.63) is 48.3 Å². The molecular formula is C15H10FNO4. The molecule has 0 radical (unpaired) electrons. The second kappa shape index (κ2) is 4.90. The SMILES string of the molecule is O=C(O)CC(=O)c1cc(-c2c[nH]c3cc(F)ccc23)co1. The minimum Gasteiger partial charge on any atom is -0.481 e. The molecule has 2 heterocycles. The van der Waals surface area contributed by atoms with Gasteiger partial charge in [0, 0.05) is 28.2 Å². The number of Topliss-reactive ketones (excluding diaryl/α,β-unsaturated/α-hetero) is 1. The molecule has 0 unspecified atom stereocenters. The van der Waals surface area contributed by atoms with E-state index in [-0.39, 0.29) is 11.6 Å². The lowest BCUT2D eigenvalue weighted by atomic mass is 10.1. The molecule has 0 atom stereocenters. The number of furan rings is 1. The van der Waals surface area contributed by atoms with Gasteiger partial charge in [0.05, 0.1) is 6.26 Å². The van der Waals surface area contributed by atoms with Gasteiger partial charge in [0.1, 0.15) is 12.2 Å². The number of rotatable bonds is 4. The van der Waals surface area contributed by atoms with E-state index in [1.165, 1.54) is 24.5 Å². The predicted octanol–water partition coefficient (Wildman–Crippen LogP) is 3.22. The van der Waals surface area contributed by atoms with E-state index in [4.69, 9.17) is 9.52 Å². The van der Waals surface area contributed by atoms with Gasteiger partial charge in [-0.25, -0.2) is 4.39 Å². The van der Waals surface area contributed by atoms with Gasteiger partial charge < -0.3 is 14.5 Å². The van der Waals surface area contributed by atoms with Crippen molar-refractivity contribution in [2.45, 2.75) is 6.42 Å². The van der Waals surface area contributed by atoms with Crippen molar-refractivity contribution in [2.75, 3.05) is 0 Å². The van der Waals surface area contributed by atoms with Gasteiger partial charge in [-0.15, -0.1) is 0 Å². The number of fused-ring (bicyclic) bond motifs is 1. The number of carboxylic acids is 1. The third-order valence-corrected chi connectivity index (χ3v) is 3.14. The van der Waals surface area contributed by atoms with E-state index < -0.39 is 18.2 Å². The van der Waals surface area contributed by atoms with E-state index in [9.17, 15) is 14.0 Å². The Balaban J connectivity index is 1.98. The van der Waals surface area contributed by atoms with Gasteiger partial charge >= 0.3 is 5.97 Å². The third kappa shape index (κ3) is 2.43. The highest BCUT2D eigenvalue weighted by atomic mass is 19.1. The summed E-state index contributed by atoms with van der Waals surface area (Å²) in [6.07, 6.45) is 2.44. The Hall–Kier alpha value is -2.89. The molecule has 5 nitrogen and oxygen atoms in total. The molecule has 0 aliphatic heterocycles. The van der Waals surface area contributed by atoms with Crippen molar-refractivity contribution >= 4 is 22.7 Å². The number of ketones is 1. The van der Waals surface area contributed by atoms with Crippen LogP contribution in [0, 0.1) is 5.82 Å². The lowest BCUT2D eigenvalue weighted by Gasteiger charge is -1.94. The zero-order valence-electron chi connectivity index (χ0n) is 10.7. The topological polar surface area (TPSA) is 83.3 Å². The molecule has 0 spiro atoms. The lowest BCUT2D eigenvalue weighted by molar-refractivity contribution is -0.135. The molecule has 0 aliphatic rings. The summed E-state index contributed by atoms with van der Waals surface area (Å²) < 4.78 is 18.3. The van der Waals surface area contributed by atoms with Crippen LogP contribution in [0.2, 0.25) is 0 Å². The molecule has 106 valence electrons. The van der Waals surface area contributed by atoms with Crippen LogP contribution in [0.25, 0.3) is 22.0 Å². The first-order chi connectivity index (χ1) is 10.0. The highest BCUT2D eigenvalue weighted by molar-refractivity contribution is 6.05. The number of aromatic amines is 1. The van der Waals surface area contributed by atoms with Gasteiger partial charge in [-0.3, -0.25) is 9.59 Å². The highest BCUT2D eigenvalue weighted by Crippen LogP contribution is 2.30. The van der Waals surface area contributed by atoms with E-state index in [1.54, 1.807) is 12.3 Å². The molecule has 0 aliphatic carbocycles. The highest BCUT2D eigenvalue weighted by Gasteiger charge is 2.16. The minimum atomic E-state index is -1.21. The predicted molar refractivity (Wildman–Crippen MR) is 72.5 cm³/mol. The summed E-state index contributed by atoms with van der Waals surface area (Å²) >= 11 is 0. The number of carboxylic acid groups (broad SMARTS) is 1. The summed E-state index contributed by atoms with van der Waals surface area (Å²) in [7, 11) is 0. The van der Waals surface area contributed by atoms with Gasteiger partial charge in [-0.1, -0.05) is 0 Å². The number of carbonyl (C=O) groups excluding carboxylic acids is 1. The van der Waals surface area contributed by atoms with E-state index in [2.05, 4.69) is 4.98 Å². The average molecular weight is 287 g/mol. The number of H-pyrrole nitrogens is 1. The zero-order valence-corrected chi connectivity index (χ0v) is 10.7. The van der Waals surface area contributed by atoms with E-state index in [1.807, 2.05) is 0 Å². The van der Waals surface area contributed by atoms with Crippen LogP contribution in [0.5, 0.6) is 0 Å². The molecule has 6 heteroatoms. The summed E-state index contributed by atoms with van der Waals surface area (Å²) in [5, 5.41) is 9.39. The van der Waals surface area contributed by atoms with Crippen molar-refractivity contribution in [1.82, 2.24) is 4.98 Å². The van der Waals surface area contributed by atoms with Gasteiger partial charge in [0.25, 0.3) is 0 Å². The third-order valence-electron chi connectivity index (χ3n) is 3.14. The first-order valence-corrected chi connectivity index (χ1v) is 6.15. The maximum Gasteiger partial charge on any atom is 0.311 e. The van der Waals surface area contributed by atoms with Gasteiger partial charge in [-0.05, 0) is 24.3 Å². The fourth-order valence-corrected chi connectivity index (χ4v) is 2.19. The molecule has 0 amide bonds. The fraction of sp³-hybridized carbons (Fsp3) is 0.0667. The van der Waals surface area contributed by atoms with Crippen LogP contribution in [0.3, 0.4) is 0 Å². The summed E-state index contributed by atoms with van der Waals surface area (Å²) in [6.45, 7) is 0. The van der Waals surface area contributed by atoms with E-state index >= 15 is 0 Å². The number of nitrogens with one attached hydrogen (secondary N) is 1. The van der Waals surface area contributed by atoms with Crippen LogP contribution in [0.1, 0.15) is 17.0 Å². The summed E-state index contributed by atoms with van der Waals surface area (Å²) in [4.78, 5) is 25.1. The molecule has 3 aromatic rings. The van der Waals surface area contributed by atoms with E-state index in [0.717, 1.165) is 10.9 Å². The van der Waals surface area contributed by atoms with Crippen molar-refractivity contribution in [2.24, 2.45) is 0 Å². The lowest BCUT2D eigenvalue weighted by Crippen LogP contribution is -2.05. The molecule has 3 rings (SSSR count). The molecule has 2 aromatic heterocycles. The van der Waals surface area contributed by atoms with Crippen molar-refractivity contribution < 1.29 is 23.5 Å². The molecule has 2 N–H and O–H groups in total. The normalized spacial score (nSPS) is 10.9. The van der Waals surface area contributed by atoms with Gasteiger partial charge in [0.2, 0.25) is 5.78 Å². The van der Waals surface area contributed by atoms with Crippen LogP contribution in [0.15, 0.2) is 41.1 Å². The monoisotopic (exact) mass is 287 g/mol. The Morgan fingerprint density at radius 2 is 2.10 bits per heavy atom. The number of hydrogen-bond acceptors (Lipinski definition) is 3. The van der Waals surface area contributed by atoms with Crippen molar-refractivity contribution in [1.29, 1.82) is 0 Å². The second-order valence-electron chi connectivity index (χ2n) is 4.59. The van der Waals surface area contributed by atoms with E-state index in [0.29, 0.717) is 11.1 Å². The molecule has 21 heavy (non-hydrogen) atoms. The number of aromatic nitrogens is 1. The summed E-state index contributed by atoms with van der Waals surface area (Å²) in [5.74, 6) is -2.16. The Kier molecular flexibility index (Phi) is 3.06. The fourth-order valence-electron chi connectivity index (χ4n) is 2.19. The maximum atomic E-state index is 13.1. The minimum absolute atomic E-state index is 0.0103. The van der Waals surface area contributed by atoms with Crippen LogP contribution < -0.4 is 0 Å². The molecule has 0 saturated carbocycles. The Bertz CT molecular complexity index is 846. The zero-order chi connectivity index (χ0) is 15.0. The Morgan fingerprint density at radius 3 is 2.86 bits per heavy atom. The smallest absolute Gasteiger partial charge is 0.311 e. The average Bonchev–Trinajstić information content (AvgIpc) is 3.02. The number of hydrogen-bond donors (Lipinski definition) is 2. The van der Waals surface area contributed by atoms with Crippen LogP contribution in [-0.2, 0) is 4.79 Å². The van der Waals surface area contributed by atoms with Crippen LogP contribution in [-0.4, -0.2) is 21.8 Å². The van der Waals surface area contributed by atoms with Crippen LogP contribution >= 0.6 is 0 Å². The standard InChI is InChI=1S/C15H10FNO4/c16-9-1-2-10-11(6-17-12(10)4-9)8-3-14(21-7-8)13(18)5-15(19)20/h1-4,6-7,17H,5H2,(H,19,20). The summed E-state index contributed by atoms with van der Waals surface area (Å²) in [6, 6.07) is 5.82.